The molecule has 30 heavy (non-hydrogen) atoms. The summed E-state index contributed by atoms with van der Waals surface area (Å²) in [5.74, 6) is -2.60. The van der Waals surface area contributed by atoms with Gasteiger partial charge in [-0.3, -0.25) is 0 Å². The molecule has 0 aromatic heterocycles. The van der Waals surface area contributed by atoms with Gasteiger partial charge in [0, 0.05) is 5.56 Å². The molecule has 0 atom stereocenters. The highest BCUT2D eigenvalue weighted by molar-refractivity contribution is 5.71. The molecule has 0 aliphatic heterocycles. The second-order valence-electron chi connectivity index (χ2n) is 7.04. The van der Waals surface area contributed by atoms with E-state index in [4.69, 9.17) is 0 Å². The van der Waals surface area contributed by atoms with Crippen LogP contribution in [-0.4, -0.2) is 6.36 Å². The average Bonchev–Trinajstić information content (AvgIpc) is 2.69. The van der Waals surface area contributed by atoms with Crippen molar-refractivity contribution < 1.29 is 26.7 Å². The Morgan fingerprint density at radius 2 is 1.33 bits per heavy atom. The minimum absolute atomic E-state index is 0.249. The molecule has 158 valence electrons. The van der Waals surface area contributed by atoms with Crippen LogP contribution in [0.15, 0.2) is 60.7 Å². The lowest BCUT2D eigenvalue weighted by Gasteiger charge is -2.11. The van der Waals surface area contributed by atoms with Crippen LogP contribution in [0.1, 0.15) is 31.7 Å². The highest BCUT2D eigenvalue weighted by Gasteiger charge is 2.32. The van der Waals surface area contributed by atoms with E-state index in [1.807, 2.05) is 24.3 Å². The van der Waals surface area contributed by atoms with Crippen molar-refractivity contribution in [2.45, 2.75) is 39.0 Å². The third kappa shape index (κ3) is 5.59. The Morgan fingerprint density at radius 3 is 1.90 bits per heavy atom. The maximum Gasteiger partial charge on any atom is 0.573 e. The van der Waals surface area contributed by atoms with Gasteiger partial charge in [0.2, 0.25) is 0 Å². The largest absolute Gasteiger partial charge is 0.573 e. The van der Waals surface area contributed by atoms with Gasteiger partial charge in [-0.2, -0.15) is 0 Å². The van der Waals surface area contributed by atoms with Gasteiger partial charge in [0.05, 0.1) is 0 Å². The maximum absolute atomic E-state index is 14.7. The summed E-state index contributed by atoms with van der Waals surface area (Å²) < 4.78 is 69.1. The van der Waals surface area contributed by atoms with Gasteiger partial charge in [0.1, 0.15) is 5.82 Å². The quantitative estimate of drug-likeness (QED) is 0.279. The zero-order valence-electron chi connectivity index (χ0n) is 16.4. The lowest BCUT2D eigenvalue weighted by Crippen LogP contribution is -2.17. The van der Waals surface area contributed by atoms with Crippen molar-refractivity contribution in [1.82, 2.24) is 0 Å². The molecular formula is C24H21F5O. The van der Waals surface area contributed by atoms with Crippen molar-refractivity contribution in [3.8, 4) is 28.0 Å². The standard InChI is InChI=1S/C24H21F5O/c1-2-3-4-5-16-6-8-17(9-7-16)20-12-10-18(14-21(20)25)19-11-13-23(22(26)15-19)30-24(27,28)29/h6-15H,2-5H2,1H3. The van der Waals surface area contributed by atoms with Gasteiger partial charge in [0.15, 0.2) is 11.6 Å². The smallest absolute Gasteiger partial charge is 0.403 e. The van der Waals surface area contributed by atoms with E-state index in [1.54, 1.807) is 12.1 Å². The number of unbranched alkanes of at least 4 members (excludes halogenated alkanes) is 2. The molecule has 0 fully saturated rings. The summed E-state index contributed by atoms with van der Waals surface area (Å²) in [5, 5.41) is 0. The second kappa shape index (κ2) is 9.28. The zero-order chi connectivity index (χ0) is 21.7. The zero-order valence-corrected chi connectivity index (χ0v) is 16.4. The van der Waals surface area contributed by atoms with E-state index in [1.165, 1.54) is 24.1 Å². The predicted octanol–water partition coefficient (Wildman–Crippen LogP) is 7.93. The molecule has 0 saturated carbocycles. The van der Waals surface area contributed by atoms with E-state index in [0.717, 1.165) is 37.0 Å². The fourth-order valence-electron chi connectivity index (χ4n) is 3.25. The maximum atomic E-state index is 14.7. The summed E-state index contributed by atoms with van der Waals surface area (Å²) >= 11 is 0. The molecule has 6 heteroatoms. The van der Waals surface area contributed by atoms with Crippen molar-refractivity contribution in [2.75, 3.05) is 0 Å². The number of alkyl halides is 3. The first-order valence-corrected chi connectivity index (χ1v) is 9.71. The van der Waals surface area contributed by atoms with Crippen LogP contribution in [0.2, 0.25) is 0 Å². The number of rotatable bonds is 7. The molecule has 0 amide bonds. The van der Waals surface area contributed by atoms with Gasteiger partial charge in [-0.25, -0.2) is 8.78 Å². The molecule has 0 N–H and O–H groups in total. The van der Waals surface area contributed by atoms with Crippen molar-refractivity contribution >= 4 is 0 Å². The molecule has 1 nitrogen and oxygen atoms in total. The summed E-state index contributed by atoms with van der Waals surface area (Å²) in [5.41, 5.74) is 2.92. The van der Waals surface area contributed by atoms with E-state index in [9.17, 15) is 22.0 Å². The Balaban J connectivity index is 1.79. The molecule has 3 aromatic carbocycles. The van der Waals surface area contributed by atoms with E-state index in [-0.39, 0.29) is 5.56 Å². The van der Waals surface area contributed by atoms with Gasteiger partial charge in [0.25, 0.3) is 0 Å². The molecule has 0 bridgehead atoms. The molecule has 0 saturated heterocycles. The lowest BCUT2D eigenvalue weighted by atomic mass is 9.98. The summed E-state index contributed by atoms with van der Waals surface area (Å²) in [4.78, 5) is 0. The van der Waals surface area contributed by atoms with Crippen LogP contribution in [0, 0.1) is 11.6 Å². The molecular weight excluding hydrogens is 399 g/mol. The number of halogens is 5. The Kier molecular flexibility index (Phi) is 6.75. The summed E-state index contributed by atoms with van der Waals surface area (Å²) in [6.07, 6.45) is -0.571. The van der Waals surface area contributed by atoms with Gasteiger partial charge in [-0.1, -0.05) is 62.2 Å². The van der Waals surface area contributed by atoms with Crippen LogP contribution in [-0.2, 0) is 6.42 Å². The monoisotopic (exact) mass is 420 g/mol. The van der Waals surface area contributed by atoms with E-state index in [0.29, 0.717) is 11.1 Å². The van der Waals surface area contributed by atoms with Gasteiger partial charge >= 0.3 is 6.36 Å². The fraction of sp³-hybridized carbons (Fsp3) is 0.250. The van der Waals surface area contributed by atoms with Crippen molar-refractivity contribution in [2.24, 2.45) is 0 Å². The highest BCUT2D eigenvalue weighted by atomic mass is 19.4. The molecule has 0 spiro atoms. The third-order valence-corrected chi connectivity index (χ3v) is 4.79. The first-order valence-electron chi connectivity index (χ1n) is 9.71. The molecule has 3 aromatic rings. The first-order chi connectivity index (χ1) is 14.3. The number of hydrogen-bond acceptors (Lipinski definition) is 1. The van der Waals surface area contributed by atoms with Crippen LogP contribution < -0.4 is 4.74 Å². The first kappa shape index (κ1) is 21.8. The number of benzene rings is 3. The van der Waals surface area contributed by atoms with Crippen LogP contribution in [0.5, 0.6) is 5.75 Å². The molecule has 0 unspecified atom stereocenters. The van der Waals surface area contributed by atoms with Crippen LogP contribution >= 0.6 is 0 Å². The van der Waals surface area contributed by atoms with E-state index < -0.39 is 23.7 Å². The van der Waals surface area contributed by atoms with E-state index >= 15 is 0 Å². The number of aryl methyl sites for hydroxylation is 1. The Bertz CT molecular complexity index is 993. The Morgan fingerprint density at radius 1 is 0.733 bits per heavy atom. The molecule has 3 rings (SSSR count). The van der Waals surface area contributed by atoms with Crippen molar-refractivity contribution in [1.29, 1.82) is 0 Å². The van der Waals surface area contributed by atoms with Gasteiger partial charge in [-0.15, -0.1) is 13.2 Å². The molecule has 0 heterocycles. The Labute approximate surface area is 172 Å². The lowest BCUT2D eigenvalue weighted by molar-refractivity contribution is -0.275. The fourth-order valence-corrected chi connectivity index (χ4v) is 3.25. The van der Waals surface area contributed by atoms with Crippen LogP contribution in [0.25, 0.3) is 22.3 Å². The van der Waals surface area contributed by atoms with Crippen LogP contribution in [0.3, 0.4) is 0 Å². The molecule has 0 aliphatic rings. The van der Waals surface area contributed by atoms with E-state index in [2.05, 4.69) is 11.7 Å². The van der Waals surface area contributed by atoms with Gasteiger partial charge < -0.3 is 4.74 Å². The molecule has 0 aliphatic carbocycles. The summed E-state index contributed by atoms with van der Waals surface area (Å²) in [7, 11) is 0. The summed E-state index contributed by atoms with van der Waals surface area (Å²) in [6, 6.07) is 15.1. The number of hydrogen-bond donors (Lipinski definition) is 0. The second-order valence-corrected chi connectivity index (χ2v) is 7.04. The van der Waals surface area contributed by atoms with Crippen LogP contribution in [0.4, 0.5) is 22.0 Å². The normalized spacial score (nSPS) is 11.5. The third-order valence-electron chi connectivity index (χ3n) is 4.79. The number of ether oxygens (including phenoxy) is 1. The highest BCUT2D eigenvalue weighted by Crippen LogP contribution is 2.32. The SMILES string of the molecule is CCCCCc1ccc(-c2ccc(-c3ccc(OC(F)(F)F)c(F)c3)cc2F)cc1. The van der Waals surface area contributed by atoms with Gasteiger partial charge in [-0.05, 0) is 53.3 Å². The molecule has 0 radical (unpaired) electrons. The average molecular weight is 420 g/mol. The van der Waals surface area contributed by atoms with Crippen molar-refractivity contribution in [3.63, 3.8) is 0 Å². The topological polar surface area (TPSA) is 9.23 Å². The predicted molar refractivity (Wildman–Crippen MR) is 107 cm³/mol. The minimum Gasteiger partial charge on any atom is -0.403 e. The summed E-state index contributed by atoms with van der Waals surface area (Å²) in [6.45, 7) is 2.15. The van der Waals surface area contributed by atoms with Crippen molar-refractivity contribution in [3.05, 3.63) is 77.9 Å². The Hall–Kier alpha value is -2.89. The minimum atomic E-state index is -4.98.